The number of ether oxygens (including phenoxy) is 1. The van der Waals surface area contributed by atoms with Gasteiger partial charge in [-0.3, -0.25) is 4.90 Å². The second kappa shape index (κ2) is 12.0. The molecule has 0 unspecified atom stereocenters. The number of benzene rings is 1. The van der Waals surface area contributed by atoms with Gasteiger partial charge in [-0.2, -0.15) is 0 Å². The first-order valence-corrected chi connectivity index (χ1v) is 13.4. The molecular weight excluding hydrogens is 450 g/mol. The Hall–Kier alpha value is -1.82. The largest absolute Gasteiger partial charge is 0.495 e. The number of nitrogens with zero attached hydrogens (tertiary/aromatic N) is 2. The summed E-state index contributed by atoms with van der Waals surface area (Å²) < 4.78 is 9.11. The molecular formula is C27H36ClN3OS. The first kappa shape index (κ1) is 24.3. The van der Waals surface area contributed by atoms with E-state index in [0.717, 1.165) is 81.3 Å². The van der Waals surface area contributed by atoms with E-state index in [1.807, 2.05) is 0 Å². The van der Waals surface area contributed by atoms with E-state index < -0.39 is 0 Å². The first-order valence-electron chi connectivity index (χ1n) is 12.2. The van der Waals surface area contributed by atoms with Crippen molar-refractivity contribution in [2.45, 2.75) is 52.0 Å². The maximum Gasteiger partial charge on any atom is 0.137 e. The van der Waals surface area contributed by atoms with Crippen LogP contribution in [0, 0.1) is 0 Å². The normalized spacial score (nSPS) is 19.7. The Bertz CT molecular complexity index is 923. The minimum atomic E-state index is 0.962. The standard InChI is InChI=1S/C27H36ClN3OS/c1-3-6-22-11-12-23(28)19-27(22)33-29-24-13-9-21(10-14-24)20-30-15-17-31(18-16-30)25-7-4-5-8-26(25)32-2/h7-10,13-14,19,29H,3-6,11-12,15-18,20H2,1-2H3. The van der Waals surface area contributed by atoms with E-state index >= 15 is 0 Å². The second-order valence-electron chi connectivity index (χ2n) is 8.91. The van der Waals surface area contributed by atoms with Crippen molar-refractivity contribution in [1.82, 2.24) is 9.80 Å². The van der Waals surface area contributed by atoms with Crippen molar-refractivity contribution in [1.29, 1.82) is 0 Å². The van der Waals surface area contributed by atoms with Gasteiger partial charge < -0.3 is 14.4 Å². The molecule has 0 bridgehead atoms. The smallest absolute Gasteiger partial charge is 0.137 e. The fourth-order valence-electron chi connectivity index (χ4n) is 4.67. The summed E-state index contributed by atoms with van der Waals surface area (Å²) in [6.45, 7) is 7.49. The lowest BCUT2D eigenvalue weighted by Gasteiger charge is -2.38. The lowest BCUT2D eigenvalue weighted by Crippen LogP contribution is -2.45. The van der Waals surface area contributed by atoms with E-state index in [-0.39, 0.29) is 0 Å². The zero-order chi connectivity index (χ0) is 23.0. The zero-order valence-corrected chi connectivity index (χ0v) is 21.5. The Morgan fingerprint density at radius 3 is 2.52 bits per heavy atom. The van der Waals surface area contributed by atoms with Gasteiger partial charge >= 0.3 is 0 Å². The number of allylic oxidation sites excluding steroid dienone is 5. The Kier molecular flexibility index (Phi) is 8.88. The maximum absolute atomic E-state index is 6.31. The third-order valence-corrected chi connectivity index (χ3v) is 7.77. The van der Waals surface area contributed by atoms with E-state index in [9.17, 15) is 0 Å². The molecule has 33 heavy (non-hydrogen) atoms. The summed E-state index contributed by atoms with van der Waals surface area (Å²) in [6, 6.07) is 8.87. The zero-order valence-electron chi connectivity index (χ0n) is 19.9. The number of piperazine rings is 1. The third kappa shape index (κ3) is 6.62. The third-order valence-electron chi connectivity index (χ3n) is 6.51. The molecule has 0 atom stereocenters. The average molecular weight is 486 g/mol. The van der Waals surface area contributed by atoms with Crippen LogP contribution in [0.4, 0.5) is 5.69 Å². The Balaban J connectivity index is 1.26. The van der Waals surface area contributed by atoms with Crippen LogP contribution < -0.4 is 4.72 Å². The summed E-state index contributed by atoms with van der Waals surface area (Å²) in [4.78, 5) is 6.31. The van der Waals surface area contributed by atoms with Crippen LogP contribution in [0.1, 0.15) is 51.0 Å². The maximum atomic E-state index is 6.31. The molecule has 6 heteroatoms. The van der Waals surface area contributed by atoms with Gasteiger partial charge in [0.2, 0.25) is 0 Å². The van der Waals surface area contributed by atoms with E-state index in [4.69, 9.17) is 16.3 Å². The van der Waals surface area contributed by atoms with E-state index in [0.29, 0.717) is 0 Å². The number of nitrogens with one attached hydrogen (secondary N) is 1. The van der Waals surface area contributed by atoms with Crippen molar-refractivity contribution in [3.63, 3.8) is 0 Å². The minimum Gasteiger partial charge on any atom is -0.495 e. The minimum absolute atomic E-state index is 0.962. The molecule has 1 aromatic rings. The number of anilines is 1. The van der Waals surface area contributed by atoms with E-state index in [1.54, 1.807) is 19.1 Å². The predicted octanol–water partition coefficient (Wildman–Crippen LogP) is 7.04. The van der Waals surface area contributed by atoms with Crippen molar-refractivity contribution in [3.05, 3.63) is 75.0 Å². The van der Waals surface area contributed by atoms with Crippen LogP contribution in [-0.2, 0) is 11.3 Å². The first-order chi connectivity index (χ1) is 16.2. The second-order valence-corrected chi connectivity index (χ2v) is 10.2. The van der Waals surface area contributed by atoms with Crippen LogP contribution in [0.2, 0.25) is 0 Å². The fraction of sp³-hybridized carbons (Fsp3) is 0.481. The van der Waals surface area contributed by atoms with Crippen LogP contribution in [0.15, 0.2) is 69.5 Å². The summed E-state index contributed by atoms with van der Waals surface area (Å²) in [6.07, 6.45) is 13.3. The Morgan fingerprint density at radius 1 is 1.03 bits per heavy atom. The van der Waals surface area contributed by atoms with Crippen molar-refractivity contribution >= 4 is 29.2 Å². The molecule has 178 valence electrons. The van der Waals surface area contributed by atoms with Crippen LogP contribution in [0.3, 0.4) is 0 Å². The van der Waals surface area contributed by atoms with E-state index in [1.165, 1.54) is 28.2 Å². The fourth-order valence-corrected chi connectivity index (χ4v) is 5.85. The summed E-state index contributed by atoms with van der Waals surface area (Å²) in [5, 5.41) is 0.962. The monoisotopic (exact) mass is 485 g/mol. The lowest BCUT2D eigenvalue weighted by atomic mass is 10.0. The molecule has 1 aromatic carbocycles. The SMILES string of the molecule is CCCC1=C(SNc2ccc(CN3CCN(C4=CCCC=C4OC)CC3)cc2)C=C(Cl)CC1. The van der Waals surface area contributed by atoms with Crippen LogP contribution >= 0.6 is 23.5 Å². The number of hydrogen-bond acceptors (Lipinski definition) is 5. The molecule has 4 nitrogen and oxygen atoms in total. The molecule has 1 aliphatic heterocycles. The molecule has 2 aliphatic carbocycles. The molecule has 1 N–H and O–H groups in total. The van der Waals surface area contributed by atoms with E-state index in [2.05, 4.69) is 63.9 Å². The highest BCUT2D eigenvalue weighted by Gasteiger charge is 2.22. The summed E-state index contributed by atoms with van der Waals surface area (Å²) in [7, 11) is 1.78. The Labute approximate surface area is 208 Å². The van der Waals surface area contributed by atoms with Gasteiger partial charge in [-0.25, -0.2) is 0 Å². The lowest BCUT2D eigenvalue weighted by molar-refractivity contribution is 0.143. The summed E-state index contributed by atoms with van der Waals surface area (Å²) >= 11 is 8.00. The van der Waals surface area contributed by atoms with Crippen molar-refractivity contribution < 1.29 is 4.74 Å². The van der Waals surface area contributed by atoms with Gasteiger partial charge in [0, 0.05) is 48.3 Å². The number of methoxy groups -OCH3 is 1. The van der Waals surface area contributed by atoms with Gasteiger partial charge in [0.15, 0.2) is 0 Å². The molecule has 1 saturated heterocycles. The highest BCUT2D eigenvalue weighted by molar-refractivity contribution is 8.04. The van der Waals surface area contributed by atoms with Crippen molar-refractivity contribution in [2.24, 2.45) is 0 Å². The molecule has 3 aliphatic rings. The van der Waals surface area contributed by atoms with Gasteiger partial charge in [-0.15, -0.1) is 0 Å². The summed E-state index contributed by atoms with van der Waals surface area (Å²) in [5.41, 5.74) is 5.30. The van der Waals surface area contributed by atoms with Gasteiger partial charge in [0.1, 0.15) is 5.76 Å². The van der Waals surface area contributed by atoms with Crippen LogP contribution in [0.5, 0.6) is 0 Å². The molecule has 4 rings (SSSR count). The molecule has 0 aromatic heterocycles. The molecule has 1 heterocycles. The topological polar surface area (TPSA) is 27.7 Å². The van der Waals surface area contributed by atoms with Gasteiger partial charge in [-0.05, 0) is 73.9 Å². The molecule has 0 radical (unpaired) electrons. The van der Waals surface area contributed by atoms with Crippen molar-refractivity contribution in [2.75, 3.05) is 38.0 Å². The average Bonchev–Trinajstić information content (AvgIpc) is 2.85. The van der Waals surface area contributed by atoms with Gasteiger partial charge in [0.05, 0.1) is 12.8 Å². The number of hydrogen-bond donors (Lipinski definition) is 1. The van der Waals surface area contributed by atoms with Crippen LogP contribution in [0.25, 0.3) is 0 Å². The van der Waals surface area contributed by atoms with Gasteiger partial charge in [0.25, 0.3) is 0 Å². The highest BCUT2D eigenvalue weighted by Crippen LogP contribution is 2.35. The summed E-state index contributed by atoms with van der Waals surface area (Å²) in [5.74, 6) is 1.04. The number of rotatable bonds is 9. The molecule has 0 amide bonds. The quantitative estimate of drug-likeness (QED) is 0.378. The molecule has 0 spiro atoms. The molecule has 0 saturated carbocycles. The Morgan fingerprint density at radius 2 is 1.79 bits per heavy atom. The predicted molar refractivity (Wildman–Crippen MR) is 142 cm³/mol. The highest BCUT2D eigenvalue weighted by atomic mass is 35.5. The molecule has 1 fully saturated rings. The van der Waals surface area contributed by atoms with Crippen molar-refractivity contribution in [3.8, 4) is 0 Å². The van der Waals surface area contributed by atoms with Gasteiger partial charge in [-0.1, -0.05) is 48.7 Å². The van der Waals surface area contributed by atoms with Crippen LogP contribution in [-0.4, -0.2) is 43.1 Å². The number of halogens is 1.